The van der Waals surface area contributed by atoms with E-state index >= 15 is 0 Å². The number of hydrogen-bond acceptors (Lipinski definition) is 4. The highest BCUT2D eigenvalue weighted by molar-refractivity contribution is 5.94. The maximum atomic E-state index is 12.7. The highest BCUT2D eigenvalue weighted by atomic mass is 16.2. The minimum Gasteiger partial charge on any atom is -0.352 e. The first kappa shape index (κ1) is 20.8. The first-order valence-corrected chi connectivity index (χ1v) is 10.1. The topological polar surface area (TPSA) is 98.0 Å². The Kier molecular flexibility index (Phi) is 6.51. The van der Waals surface area contributed by atoms with Gasteiger partial charge in [-0.05, 0) is 32.8 Å². The largest absolute Gasteiger partial charge is 0.352 e. The van der Waals surface area contributed by atoms with Crippen LogP contribution >= 0.6 is 0 Å². The standard InChI is InChI=1S/C21H29N5O3/c1-14(18-12-25(3)24-15(18)2)22-21(29)16-9-10-20(28)26(11-16)13-19(27)23-17-7-5-4-6-8-17/h9-12,14,17H,4-8,13H2,1-3H3,(H,22,29)(H,23,27). The van der Waals surface area contributed by atoms with Crippen LogP contribution in [0.3, 0.4) is 0 Å². The first-order chi connectivity index (χ1) is 13.8. The number of carbonyl (C=O) groups excluding carboxylic acids is 2. The molecule has 1 unspecified atom stereocenters. The summed E-state index contributed by atoms with van der Waals surface area (Å²) in [6.07, 6.45) is 8.73. The molecule has 0 spiro atoms. The predicted octanol–water partition coefficient (Wildman–Crippen LogP) is 1.83. The van der Waals surface area contributed by atoms with Crippen LogP contribution in [0.4, 0.5) is 0 Å². The van der Waals surface area contributed by atoms with Gasteiger partial charge in [-0.3, -0.25) is 19.1 Å². The maximum absolute atomic E-state index is 12.7. The first-order valence-electron chi connectivity index (χ1n) is 10.1. The van der Waals surface area contributed by atoms with E-state index in [4.69, 9.17) is 0 Å². The average Bonchev–Trinajstić information content (AvgIpc) is 3.02. The molecule has 0 aromatic carbocycles. The number of aromatic nitrogens is 3. The fraction of sp³-hybridized carbons (Fsp3) is 0.524. The summed E-state index contributed by atoms with van der Waals surface area (Å²) in [5, 5.41) is 10.2. The third-order valence-corrected chi connectivity index (χ3v) is 5.40. The zero-order chi connectivity index (χ0) is 21.0. The molecule has 156 valence electrons. The summed E-state index contributed by atoms with van der Waals surface area (Å²) in [5.41, 5.74) is 1.81. The monoisotopic (exact) mass is 399 g/mol. The Labute approximate surface area is 170 Å². The van der Waals surface area contributed by atoms with E-state index in [1.807, 2.05) is 27.1 Å². The van der Waals surface area contributed by atoms with Gasteiger partial charge in [0, 0.05) is 37.1 Å². The van der Waals surface area contributed by atoms with Gasteiger partial charge in [0.05, 0.1) is 17.3 Å². The lowest BCUT2D eigenvalue weighted by molar-refractivity contribution is -0.122. The van der Waals surface area contributed by atoms with Crippen LogP contribution in [0.2, 0.25) is 0 Å². The van der Waals surface area contributed by atoms with Gasteiger partial charge < -0.3 is 15.2 Å². The highest BCUT2D eigenvalue weighted by Gasteiger charge is 2.18. The molecular formula is C21H29N5O3. The van der Waals surface area contributed by atoms with Gasteiger partial charge in [-0.15, -0.1) is 0 Å². The molecule has 2 amide bonds. The van der Waals surface area contributed by atoms with Gasteiger partial charge in [0.2, 0.25) is 5.91 Å². The molecule has 3 rings (SSSR count). The Balaban J connectivity index is 1.65. The molecule has 1 atom stereocenters. The molecule has 2 N–H and O–H groups in total. The number of rotatable bonds is 6. The molecule has 1 saturated carbocycles. The van der Waals surface area contributed by atoms with Crippen molar-refractivity contribution in [2.24, 2.45) is 7.05 Å². The zero-order valence-corrected chi connectivity index (χ0v) is 17.3. The van der Waals surface area contributed by atoms with E-state index in [9.17, 15) is 14.4 Å². The molecular weight excluding hydrogens is 370 g/mol. The number of hydrogen-bond donors (Lipinski definition) is 2. The number of pyridine rings is 1. The Hall–Kier alpha value is -2.90. The number of aryl methyl sites for hydroxylation is 2. The molecule has 2 heterocycles. The van der Waals surface area contributed by atoms with Crippen molar-refractivity contribution in [3.63, 3.8) is 0 Å². The van der Waals surface area contributed by atoms with Crippen molar-refractivity contribution in [2.45, 2.75) is 64.6 Å². The molecule has 0 bridgehead atoms. The Morgan fingerprint density at radius 2 is 1.93 bits per heavy atom. The van der Waals surface area contributed by atoms with Crippen molar-refractivity contribution < 1.29 is 9.59 Å². The second-order valence-electron chi connectivity index (χ2n) is 7.83. The summed E-state index contributed by atoms with van der Waals surface area (Å²) in [6.45, 7) is 3.69. The lowest BCUT2D eigenvalue weighted by Crippen LogP contribution is -2.40. The van der Waals surface area contributed by atoms with Gasteiger partial charge in [0.1, 0.15) is 6.54 Å². The minimum atomic E-state index is -0.309. The molecule has 1 aliphatic carbocycles. The van der Waals surface area contributed by atoms with E-state index in [2.05, 4.69) is 15.7 Å². The smallest absolute Gasteiger partial charge is 0.253 e. The lowest BCUT2D eigenvalue weighted by Gasteiger charge is -2.23. The van der Waals surface area contributed by atoms with Crippen LogP contribution in [0.15, 0.2) is 29.3 Å². The summed E-state index contributed by atoms with van der Waals surface area (Å²) < 4.78 is 2.99. The molecule has 29 heavy (non-hydrogen) atoms. The Morgan fingerprint density at radius 1 is 1.21 bits per heavy atom. The molecule has 8 nitrogen and oxygen atoms in total. The lowest BCUT2D eigenvalue weighted by atomic mass is 9.95. The van der Waals surface area contributed by atoms with Crippen molar-refractivity contribution in [2.75, 3.05) is 0 Å². The van der Waals surface area contributed by atoms with E-state index < -0.39 is 0 Å². The van der Waals surface area contributed by atoms with Gasteiger partial charge in [0.15, 0.2) is 0 Å². The number of nitrogens with zero attached hydrogens (tertiary/aromatic N) is 3. The molecule has 2 aromatic rings. The van der Waals surface area contributed by atoms with Crippen molar-refractivity contribution in [1.29, 1.82) is 0 Å². The van der Waals surface area contributed by atoms with Crippen LogP contribution in [0, 0.1) is 6.92 Å². The maximum Gasteiger partial charge on any atom is 0.253 e. The van der Waals surface area contributed by atoms with Crippen molar-refractivity contribution >= 4 is 11.8 Å². The summed E-state index contributed by atoms with van der Waals surface area (Å²) in [4.78, 5) is 37.1. The summed E-state index contributed by atoms with van der Waals surface area (Å²) >= 11 is 0. The van der Waals surface area contributed by atoms with Gasteiger partial charge in [-0.25, -0.2) is 0 Å². The molecule has 0 saturated heterocycles. The van der Waals surface area contributed by atoms with Crippen LogP contribution in [-0.4, -0.2) is 32.2 Å². The Bertz CT molecular complexity index is 940. The predicted molar refractivity (Wildman–Crippen MR) is 110 cm³/mol. The van der Waals surface area contributed by atoms with E-state index in [0.29, 0.717) is 5.56 Å². The fourth-order valence-electron chi connectivity index (χ4n) is 3.86. The molecule has 1 aliphatic rings. The quantitative estimate of drug-likeness (QED) is 0.774. The van der Waals surface area contributed by atoms with Crippen molar-refractivity contribution in [1.82, 2.24) is 25.0 Å². The van der Waals surface area contributed by atoms with Gasteiger partial charge >= 0.3 is 0 Å². The van der Waals surface area contributed by atoms with Crippen LogP contribution in [0.1, 0.15) is 66.7 Å². The van der Waals surface area contributed by atoms with E-state index in [1.54, 1.807) is 4.68 Å². The molecule has 0 radical (unpaired) electrons. The molecule has 8 heteroatoms. The summed E-state index contributed by atoms with van der Waals surface area (Å²) in [6, 6.07) is 2.76. The van der Waals surface area contributed by atoms with Crippen LogP contribution in [0.5, 0.6) is 0 Å². The minimum absolute atomic E-state index is 0.0896. The zero-order valence-electron chi connectivity index (χ0n) is 17.3. The van der Waals surface area contributed by atoms with Gasteiger partial charge in [-0.2, -0.15) is 5.10 Å². The third-order valence-electron chi connectivity index (χ3n) is 5.40. The molecule has 1 fully saturated rings. The number of carbonyl (C=O) groups is 2. The molecule has 0 aliphatic heterocycles. The molecule has 2 aromatic heterocycles. The second-order valence-corrected chi connectivity index (χ2v) is 7.83. The summed E-state index contributed by atoms with van der Waals surface area (Å²) in [7, 11) is 1.83. The third kappa shape index (κ3) is 5.34. The highest BCUT2D eigenvalue weighted by Crippen LogP contribution is 2.17. The van der Waals surface area contributed by atoms with Gasteiger partial charge in [0.25, 0.3) is 11.5 Å². The van der Waals surface area contributed by atoms with E-state index in [-0.39, 0.29) is 36.0 Å². The second kappa shape index (κ2) is 9.07. The van der Waals surface area contributed by atoms with Crippen molar-refractivity contribution in [3.05, 3.63) is 51.7 Å². The van der Waals surface area contributed by atoms with E-state index in [1.165, 1.54) is 29.3 Å². The number of amides is 2. The van der Waals surface area contributed by atoms with E-state index in [0.717, 1.165) is 36.9 Å². The Morgan fingerprint density at radius 3 is 2.59 bits per heavy atom. The average molecular weight is 399 g/mol. The normalized spacial score (nSPS) is 15.7. The van der Waals surface area contributed by atoms with Crippen molar-refractivity contribution in [3.8, 4) is 0 Å². The summed E-state index contributed by atoms with van der Waals surface area (Å²) in [5.74, 6) is -0.502. The van der Waals surface area contributed by atoms with Crippen LogP contribution < -0.4 is 16.2 Å². The van der Waals surface area contributed by atoms with Crippen LogP contribution in [0.25, 0.3) is 0 Å². The fourth-order valence-corrected chi connectivity index (χ4v) is 3.86. The number of nitrogens with one attached hydrogen (secondary N) is 2. The van der Waals surface area contributed by atoms with Gasteiger partial charge in [-0.1, -0.05) is 19.3 Å². The SMILES string of the molecule is Cc1nn(C)cc1C(C)NC(=O)c1ccc(=O)n(CC(=O)NC2CCCCC2)c1. The van der Waals surface area contributed by atoms with Crippen LogP contribution in [-0.2, 0) is 18.4 Å².